The van der Waals surface area contributed by atoms with Crippen molar-refractivity contribution in [2.45, 2.75) is 17.7 Å². The third kappa shape index (κ3) is 3.79. The number of carboxylic acids is 1. The molecule has 0 atom stereocenters. The molecule has 0 aliphatic heterocycles. The predicted molar refractivity (Wildman–Crippen MR) is 60.9 cm³/mol. The molecule has 0 saturated carbocycles. The zero-order valence-electron chi connectivity index (χ0n) is 9.41. The third-order valence-corrected chi connectivity index (χ3v) is 4.05. The quantitative estimate of drug-likeness (QED) is 0.805. The van der Waals surface area contributed by atoms with Crippen molar-refractivity contribution in [2.24, 2.45) is 0 Å². The predicted octanol–water partition coefficient (Wildman–Crippen LogP) is 0.567. The molecule has 1 N–H and O–H groups in total. The Kier molecular flexibility index (Phi) is 4.59. The van der Waals surface area contributed by atoms with Crippen molar-refractivity contribution >= 4 is 16.0 Å². The fourth-order valence-electron chi connectivity index (χ4n) is 1.25. The Hall–Kier alpha value is -1.47. The van der Waals surface area contributed by atoms with Crippen LogP contribution in [-0.4, -0.2) is 42.4 Å². The van der Waals surface area contributed by atoms with Gasteiger partial charge < -0.3 is 5.11 Å². The van der Waals surface area contributed by atoms with Crippen molar-refractivity contribution in [2.75, 3.05) is 13.6 Å². The minimum atomic E-state index is -3.56. The highest BCUT2D eigenvalue weighted by Crippen LogP contribution is 2.12. The summed E-state index contributed by atoms with van der Waals surface area (Å²) in [5.41, 5.74) is 0. The highest BCUT2D eigenvalue weighted by atomic mass is 32.2. The van der Waals surface area contributed by atoms with Gasteiger partial charge in [0.2, 0.25) is 10.0 Å². The van der Waals surface area contributed by atoms with Crippen LogP contribution < -0.4 is 0 Å². The summed E-state index contributed by atoms with van der Waals surface area (Å²) in [4.78, 5) is 14.2. The van der Waals surface area contributed by atoms with Crippen molar-refractivity contribution in [3.05, 3.63) is 24.5 Å². The zero-order chi connectivity index (χ0) is 12.9. The van der Waals surface area contributed by atoms with E-state index >= 15 is 0 Å². The van der Waals surface area contributed by atoms with Crippen LogP contribution >= 0.6 is 0 Å². The summed E-state index contributed by atoms with van der Waals surface area (Å²) in [6.45, 7) is 0.170. The largest absolute Gasteiger partial charge is 0.481 e. The Labute approximate surface area is 100.0 Å². The first-order valence-corrected chi connectivity index (χ1v) is 6.47. The molecule has 0 aliphatic carbocycles. The summed E-state index contributed by atoms with van der Waals surface area (Å²) in [5.74, 6) is -0.933. The van der Waals surface area contributed by atoms with Gasteiger partial charge in [-0.1, -0.05) is 0 Å². The minimum absolute atomic E-state index is 0.0487. The summed E-state index contributed by atoms with van der Waals surface area (Å²) in [6, 6.07) is 2.99. The normalized spacial score (nSPS) is 11.6. The van der Waals surface area contributed by atoms with Gasteiger partial charge in [-0.25, -0.2) is 12.7 Å². The van der Waals surface area contributed by atoms with Crippen LogP contribution in [0.3, 0.4) is 0 Å². The maximum atomic E-state index is 11.9. The molecule has 1 aromatic heterocycles. The second-order valence-corrected chi connectivity index (χ2v) is 5.56. The van der Waals surface area contributed by atoms with Crippen LogP contribution in [-0.2, 0) is 14.8 Å². The molecule has 0 bridgehead atoms. The van der Waals surface area contributed by atoms with E-state index < -0.39 is 16.0 Å². The Morgan fingerprint density at radius 2 is 2.24 bits per heavy atom. The summed E-state index contributed by atoms with van der Waals surface area (Å²) in [6.07, 6.45) is 2.99. The fourth-order valence-corrected chi connectivity index (χ4v) is 2.43. The number of aliphatic carboxylic acids is 1. The molecular weight excluding hydrogens is 244 g/mol. The number of carboxylic acid groups (broad SMARTS) is 1. The van der Waals surface area contributed by atoms with Crippen molar-refractivity contribution in [1.82, 2.24) is 9.29 Å². The van der Waals surface area contributed by atoms with Gasteiger partial charge in [-0.15, -0.1) is 0 Å². The van der Waals surface area contributed by atoms with Gasteiger partial charge in [0.15, 0.2) is 0 Å². The molecule has 1 heterocycles. The maximum Gasteiger partial charge on any atom is 0.303 e. The van der Waals surface area contributed by atoms with Gasteiger partial charge in [0.1, 0.15) is 4.90 Å². The average molecular weight is 258 g/mol. The number of pyridine rings is 1. The fraction of sp³-hybridized carbons (Fsp3) is 0.400. The standard InChI is InChI=1S/C10H14N2O4S/c1-12(7-3-5-10(13)14)17(15,16)9-4-2-6-11-8-9/h2,4,6,8H,3,5,7H2,1H3,(H,13,14). The van der Waals surface area contributed by atoms with Crippen LogP contribution in [0.4, 0.5) is 0 Å². The molecule has 0 aliphatic rings. The Morgan fingerprint density at radius 3 is 2.76 bits per heavy atom. The average Bonchev–Trinajstić information content (AvgIpc) is 2.29. The first-order chi connectivity index (χ1) is 7.94. The molecule has 6 nitrogen and oxygen atoms in total. The summed E-state index contributed by atoms with van der Waals surface area (Å²) < 4.78 is 25.0. The van der Waals surface area contributed by atoms with Crippen molar-refractivity contribution in [1.29, 1.82) is 0 Å². The summed E-state index contributed by atoms with van der Waals surface area (Å²) in [7, 11) is -2.14. The number of hydrogen-bond acceptors (Lipinski definition) is 4. The number of rotatable bonds is 6. The Morgan fingerprint density at radius 1 is 1.53 bits per heavy atom. The van der Waals surface area contributed by atoms with Crippen LogP contribution in [0.5, 0.6) is 0 Å². The van der Waals surface area contributed by atoms with E-state index in [0.717, 1.165) is 4.31 Å². The van der Waals surface area contributed by atoms with Gasteiger partial charge in [0.05, 0.1) is 0 Å². The first-order valence-electron chi connectivity index (χ1n) is 5.03. The molecule has 0 radical (unpaired) electrons. The molecular formula is C10H14N2O4S. The van der Waals surface area contributed by atoms with E-state index in [0.29, 0.717) is 0 Å². The molecule has 0 unspecified atom stereocenters. The van der Waals surface area contributed by atoms with E-state index in [4.69, 9.17) is 5.11 Å². The molecule has 94 valence electrons. The molecule has 1 rings (SSSR count). The van der Waals surface area contributed by atoms with Crippen LogP contribution in [0, 0.1) is 0 Å². The van der Waals surface area contributed by atoms with Crippen molar-refractivity contribution in [3.63, 3.8) is 0 Å². The zero-order valence-corrected chi connectivity index (χ0v) is 10.2. The number of aromatic nitrogens is 1. The maximum absolute atomic E-state index is 11.9. The lowest BCUT2D eigenvalue weighted by molar-refractivity contribution is -0.137. The molecule has 0 amide bonds. The second-order valence-electron chi connectivity index (χ2n) is 3.51. The topological polar surface area (TPSA) is 87.6 Å². The van der Waals surface area contributed by atoms with Crippen LogP contribution in [0.2, 0.25) is 0 Å². The lowest BCUT2D eigenvalue weighted by atomic mass is 10.3. The van der Waals surface area contributed by atoms with Gasteiger partial charge in [0, 0.05) is 32.4 Å². The molecule has 1 aromatic rings. The molecule has 7 heteroatoms. The lowest BCUT2D eigenvalue weighted by Crippen LogP contribution is -2.28. The minimum Gasteiger partial charge on any atom is -0.481 e. The van der Waals surface area contributed by atoms with E-state index in [-0.39, 0.29) is 24.3 Å². The second kappa shape index (κ2) is 5.74. The number of nitrogens with zero attached hydrogens (tertiary/aromatic N) is 2. The smallest absolute Gasteiger partial charge is 0.303 e. The Balaban J connectivity index is 2.68. The summed E-state index contributed by atoms with van der Waals surface area (Å²) >= 11 is 0. The van der Waals surface area contributed by atoms with E-state index in [2.05, 4.69) is 4.98 Å². The van der Waals surface area contributed by atoms with Crippen molar-refractivity contribution < 1.29 is 18.3 Å². The SMILES string of the molecule is CN(CCCC(=O)O)S(=O)(=O)c1cccnc1. The van der Waals surface area contributed by atoms with Crippen LogP contribution in [0.25, 0.3) is 0 Å². The van der Waals surface area contributed by atoms with E-state index in [1.165, 1.54) is 31.6 Å². The molecule has 0 saturated heterocycles. The third-order valence-electron chi connectivity index (χ3n) is 2.21. The highest BCUT2D eigenvalue weighted by Gasteiger charge is 2.20. The van der Waals surface area contributed by atoms with Crippen LogP contribution in [0.15, 0.2) is 29.4 Å². The van der Waals surface area contributed by atoms with E-state index in [1.807, 2.05) is 0 Å². The monoisotopic (exact) mass is 258 g/mol. The van der Waals surface area contributed by atoms with Gasteiger partial charge in [-0.05, 0) is 18.6 Å². The summed E-state index contributed by atoms with van der Waals surface area (Å²) in [5, 5.41) is 8.47. The van der Waals surface area contributed by atoms with E-state index in [1.54, 1.807) is 0 Å². The number of carbonyl (C=O) groups is 1. The lowest BCUT2D eigenvalue weighted by Gasteiger charge is -2.16. The number of sulfonamides is 1. The van der Waals surface area contributed by atoms with Gasteiger partial charge >= 0.3 is 5.97 Å². The molecule has 0 fully saturated rings. The van der Waals surface area contributed by atoms with Gasteiger partial charge in [-0.3, -0.25) is 9.78 Å². The van der Waals surface area contributed by atoms with Crippen molar-refractivity contribution in [3.8, 4) is 0 Å². The Bertz CT molecular complexity index is 472. The van der Waals surface area contributed by atoms with Gasteiger partial charge in [-0.2, -0.15) is 0 Å². The first kappa shape index (κ1) is 13.6. The molecule has 0 spiro atoms. The molecule has 17 heavy (non-hydrogen) atoms. The van der Waals surface area contributed by atoms with E-state index in [9.17, 15) is 13.2 Å². The number of hydrogen-bond donors (Lipinski definition) is 1. The van der Waals surface area contributed by atoms with Gasteiger partial charge in [0.25, 0.3) is 0 Å². The van der Waals surface area contributed by atoms with Crippen LogP contribution in [0.1, 0.15) is 12.8 Å². The highest BCUT2D eigenvalue weighted by molar-refractivity contribution is 7.89. The molecule has 0 aromatic carbocycles.